The second-order valence-corrected chi connectivity index (χ2v) is 8.62. The molecule has 1 aromatic heterocycles. The van der Waals surface area contributed by atoms with Gasteiger partial charge in [-0.05, 0) is 49.9 Å². The Balaban J connectivity index is 1.47. The zero-order valence-corrected chi connectivity index (χ0v) is 18.4. The third-order valence-corrected chi connectivity index (χ3v) is 6.44. The highest BCUT2D eigenvalue weighted by Gasteiger charge is 2.37. The Morgan fingerprint density at radius 2 is 1.81 bits per heavy atom. The van der Waals surface area contributed by atoms with Crippen LogP contribution in [0, 0.1) is 5.41 Å². The SMILES string of the molecule is O=C1NCCOCCCCC2(CCN(C(=O)c3ccccn3)CC2)COc2ccccc21. The summed E-state index contributed by atoms with van der Waals surface area (Å²) in [5.74, 6) is 0.443. The summed E-state index contributed by atoms with van der Waals surface area (Å²) in [6.45, 7) is 3.56. The van der Waals surface area contributed by atoms with Gasteiger partial charge in [0.05, 0.1) is 18.8 Å². The summed E-state index contributed by atoms with van der Waals surface area (Å²) in [5.41, 5.74) is 1.000. The molecule has 1 N–H and O–H groups in total. The molecule has 1 spiro atoms. The number of carbonyl (C=O) groups excluding carboxylic acids is 2. The standard InChI is InChI=1S/C25H31N3O4/c29-23-20-7-1-2-9-22(20)32-19-25(10-4-6-17-31-18-14-27-23)11-15-28(16-12-25)24(30)21-8-3-5-13-26-21/h1-3,5,7-9,13H,4,6,10-12,14-19H2,(H,27,29). The van der Waals surface area contributed by atoms with E-state index >= 15 is 0 Å². The van der Waals surface area contributed by atoms with Gasteiger partial charge in [0.1, 0.15) is 11.4 Å². The van der Waals surface area contributed by atoms with Gasteiger partial charge in [-0.15, -0.1) is 0 Å². The van der Waals surface area contributed by atoms with Gasteiger partial charge in [0.2, 0.25) is 0 Å². The van der Waals surface area contributed by atoms with Crippen molar-refractivity contribution in [3.05, 3.63) is 59.9 Å². The van der Waals surface area contributed by atoms with Crippen molar-refractivity contribution in [2.75, 3.05) is 39.5 Å². The first-order valence-electron chi connectivity index (χ1n) is 11.5. The van der Waals surface area contributed by atoms with Gasteiger partial charge >= 0.3 is 0 Å². The summed E-state index contributed by atoms with van der Waals surface area (Å²) < 4.78 is 12.0. The Morgan fingerprint density at radius 1 is 1.00 bits per heavy atom. The van der Waals surface area contributed by atoms with E-state index in [2.05, 4.69) is 10.3 Å². The molecule has 2 aliphatic rings. The van der Waals surface area contributed by atoms with Gasteiger partial charge in [0, 0.05) is 37.9 Å². The van der Waals surface area contributed by atoms with Gasteiger partial charge in [-0.1, -0.05) is 24.6 Å². The summed E-state index contributed by atoms with van der Waals surface area (Å²) in [4.78, 5) is 31.5. The fourth-order valence-electron chi connectivity index (χ4n) is 4.45. The lowest BCUT2D eigenvalue weighted by molar-refractivity contribution is 0.0337. The van der Waals surface area contributed by atoms with Crippen LogP contribution < -0.4 is 10.1 Å². The Morgan fingerprint density at radius 3 is 2.62 bits per heavy atom. The highest BCUT2D eigenvalue weighted by Crippen LogP contribution is 2.38. The van der Waals surface area contributed by atoms with E-state index < -0.39 is 0 Å². The third-order valence-electron chi connectivity index (χ3n) is 6.44. The highest BCUT2D eigenvalue weighted by molar-refractivity contribution is 5.96. The Hall–Kier alpha value is -2.93. The van der Waals surface area contributed by atoms with Crippen molar-refractivity contribution in [1.82, 2.24) is 15.2 Å². The van der Waals surface area contributed by atoms with Crippen molar-refractivity contribution >= 4 is 11.8 Å². The lowest BCUT2D eigenvalue weighted by Crippen LogP contribution is -2.45. The van der Waals surface area contributed by atoms with Crippen molar-refractivity contribution in [1.29, 1.82) is 0 Å². The molecule has 0 atom stereocenters. The molecule has 0 radical (unpaired) electrons. The first-order valence-corrected chi connectivity index (χ1v) is 11.5. The molecule has 3 heterocycles. The summed E-state index contributed by atoms with van der Waals surface area (Å²) in [7, 11) is 0. The second-order valence-electron chi connectivity index (χ2n) is 8.62. The molecule has 1 saturated heterocycles. The highest BCUT2D eigenvalue weighted by atomic mass is 16.5. The number of amides is 2. The van der Waals surface area contributed by atoms with Crippen LogP contribution in [-0.2, 0) is 4.74 Å². The van der Waals surface area contributed by atoms with E-state index in [1.807, 2.05) is 35.2 Å². The average Bonchev–Trinajstić information content (AvgIpc) is 2.84. The van der Waals surface area contributed by atoms with Gasteiger partial charge in [-0.25, -0.2) is 0 Å². The van der Waals surface area contributed by atoms with Crippen LogP contribution >= 0.6 is 0 Å². The molecule has 7 nitrogen and oxygen atoms in total. The zero-order chi connectivity index (χ0) is 22.2. The number of benzene rings is 1. The predicted molar refractivity (Wildman–Crippen MR) is 121 cm³/mol. The maximum Gasteiger partial charge on any atom is 0.272 e. The first-order chi connectivity index (χ1) is 15.7. The number of likely N-dealkylation sites (tertiary alicyclic amines) is 1. The number of piperidine rings is 1. The molecular formula is C25H31N3O4. The van der Waals surface area contributed by atoms with Crippen LogP contribution in [0.2, 0.25) is 0 Å². The molecule has 170 valence electrons. The van der Waals surface area contributed by atoms with E-state index in [1.165, 1.54) is 0 Å². The third kappa shape index (κ3) is 5.46. The van der Waals surface area contributed by atoms with Crippen LogP contribution in [0.4, 0.5) is 0 Å². The van der Waals surface area contributed by atoms with Gasteiger partial charge in [-0.3, -0.25) is 14.6 Å². The van der Waals surface area contributed by atoms with Crippen LogP contribution in [0.25, 0.3) is 0 Å². The minimum absolute atomic E-state index is 0.0160. The lowest BCUT2D eigenvalue weighted by Gasteiger charge is -2.42. The number of para-hydroxylation sites is 1. The maximum atomic E-state index is 12.8. The van der Waals surface area contributed by atoms with E-state index in [0.717, 1.165) is 32.1 Å². The van der Waals surface area contributed by atoms with Crippen LogP contribution in [0.1, 0.15) is 53.0 Å². The molecule has 1 fully saturated rings. The number of ether oxygens (including phenoxy) is 2. The molecule has 0 bridgehead atoms. The largest absolute Gasteiger partial charge is 0.492 e. The topological polar surface area (TPSA) is 80.8 Å². The molecule has 32 heavy (non-hydrogen) atoms. The smallest absolute Gasteiger partial charge is 0.272 e. The van der Waals surface area contributed by atoms with Crippen molar-refractivity contribution in [2.24, 2.45) is 5.41 Å². The number of pyridine rings is 1. The Bertz CT molecular complexity index is 910. The first kappa shape index (κ1) is 22.3. The van der Waals surface area contributed by atoms with Gasteiger partial charge in [0.15, 0.2) is 0 Å². The van der Waals surface area contributed by atoms with E-state index in [9.17, 15) is 9.59 Å². The molecular weight excluding hydrogens is 406 g/mol. The van der Waals surface area contributed by atoms with Crippen LogP contribution in [0.15, 0.2) is 48.7 Å². The van der Waals surface area contributed by atoms with Crippen molar-refractivity contribution in [2.45, 2.75) is 32.1 Å². The molecule has 2 amide bonds. The van der Waals surface area contributed by atoms with Gasteiger partial charge in [-0.2, -0.15) is 0 Å². The lowest BCUT2D eigenvalue weighted by atomic mass is 9.75. The normalized spacial score (nSPS) is 19.9. The average molecular weight is 438 g/mol. The number of nitrogens with zero attached hydrogens (tertiary/aromatic N) is 2. The zero-order valence-electron chi connectivity index (χ0n) is 18.4. The monoisotopic (exact) mass is 437 g/mol. The quantitative estimate of drug-likeness (QED) is 0.740. The molecule has 2 aliphatic heterocycles. The second kappa shape index (κ2) is 10.6. The maximum absolute atomic E-state index is 12.8. The number of fused-ring (bicyclic) bond motifs is 1. The van der Waals surface area contributed by atoms with E-state index in [0.29, 0.717) is 56.5 Å². The fraction of sp³-hybridized carbons (Fsp3) is 0.480. The summed E-state index contributed by atoms with van der Waals surface area (Å²) in [6.07, 6.45) is 6.41. The van der Waals surface area contributed by atoms with Crippen molar-refractivity contribution in [3.8, 4) is 5.75 Å². The number of carbonyl (C=O) groups is 2. The molecule has 2 aromatic rings. The van der Waals surface area contributed by atoms with E-state index in [4.69, 9.17) is 9.47 Å². The van der Waals surface area contributed by atoms with Crippen LogP contribution in [0.5, 0.6) is 5.75 Å². The number of hydrogen-bond acceptors (Lipinski definition) is 5. The summed E-state index contributed by atoms with van der Waals surface area (Å²) in [5, 5.41) is 2.90. The number of aromatic nitrogens is 1. The molecule has 4 rings (SSSR count). The summed E-state index contributed by atoms with van der Waals surface area (Å²) in [6, 6.07) is 12.8. The summed E-state index contributed by atoms with van der Waals surface area (Å²) >= 11 is 0. The number of hydrogen-bond donors (Lipinski definition) is 1. The molecule has 7 heteroatoms. The fourth-order valence-corrected chi connectivity index (χ4v) is 4.45. The van der Waals surface area contributed by atoms with Crippen LogP contribution in [0.3, 0.4) is 0 Å². The minimum Gasteiger partial charge on any atom is -0.492 e. The predicted octanol–water partition coefficient (Wildman–Crippen LogP) is 3.31. The van der Waals surface area contributed by atoms with Crippen molar-refractivity contribution in [3.63, 3.8) is 0 Å². The van der Waals surface area contributed by atoms with Gasteiger partial charge in [0.25, 0.3) is 11.8 Å². The Labute approximate surface area is 189 Å². The molecule has 1 aromatic carbocycles. The van der Waals surface area contributed by atoms with E-state index in [-0.39, 0.29) is 17.2 Å². The van der Waals surface area contributed by atoms with Gasteiger partial charge < -0.3 is 19.7 Å². The number of rotatable bonds is 1. The molecule has 0 saturated carbocycles. The van der Waals surface area contributed by atoms with Crippen LogP contribution in [-0.4, -0.2) is 61.2 Å². The number of nitrogens with one attached hydrogen (secondary N) is 1. The Kier molecular flexibility index (Phi) is 7.37. The molecule has 0 unspecified atom stereocenters. The van der Waals surface area contributed by atoms with Crippen molar-refractivity contribution < 1.29 is 19.1 Å². The van der Waals surface area contributed by atoms with E-state index in [1.54, 1.807) is 18.3 Å². The molecule has 0 aliphatic carbocycles. The minimum atomic E-state index is -0.147.